The van der Waals surface area contributed by atoms with Crippen molar-refractivity contribution in [2.24, 2.45) is 0 Å². The monoisotopic (exact) mass is 324 g/mol. The summed E-state index contributed by atoms with van der Waals surface area (Å²) in [6, 6.07) is 13.8. The average Bonchev–Trinajstić information content (AvgIpc) is 2.61. The number of benzene rings is 2. The normalized spacial score (nSPS) is 14.5. The zero-order chi connectivity index (χ0) is 17.1. The summed E-state index contributed by atoms with van der Waals surface area (Å²) in [4.78, 5) is 28.5. The van der Waals surface area contributed by atoms with Gasteiger partial charge in [0, 0.05) is 37.3 Å². The van der Waals surface area contributed by atoms with Crippen LogP contribution in [0.4, 0.5) is 0 Å². The van der Waals surface area contributed by atoms with Crippen LogP contribution in [0.15, 0.2) is 48.5 Å². The Morgan fingerprint density at radius 2 is 1.38 bits per heavy atom. The van der Waals surface area contributed by atoms with Gasteiger partial charge >= 0.3 is 0 Å². The summed E-state index contributed by atoms with van der Waals surface area (Å²) in [5.74, 6) is 0.0770. The summed E-state index contributed by atoms with van der Waals surface area (Å²) in [7, 11) is 0. The van der Waals surface area contributed by atoms with Crippen molar-refractivity contribution < 1.29 is 14.7 Å². The molecule has 0 saturated carbocycles. The number of carbonyl (C=O) groups is 2. The van der Waals surface area contributed by atoms with E-state index in [4.69, 9.17) is 0 Å². The molecule has 3 rings (SSSR count). The molecule has 0 atom stereocenters. The Balaban J connectivity index is 1.62. The van der Waals surface area contributed by atoms with Crippen LogP contribution in [0.25, 0.3) is 0 Å². The van der Waals surface area contributed by atoms with E-state index in [-0.39, 0.29) is 17.6 Å². The summed E-state index contributed by atoms with van der Waals surface area (Å²) in [6.07, 6.45) is 0. The number of hydrogen-bond acceptors (Lipinski definition) is 3. The van der Waals surface area contributed by atoms with Crippen LogP contribution in [0.2, 0.25) is 0 Å². The van der Waals surface area contributed by atoms with E-state index in [1.54, 1.807) is 21.9 Å². The van der Waals surface area contributed by atoms with Crippen LogP contribution >= 0.6 is 0 Å². The van der Waals surface area contributed by atoms with E-state index in [9.17, 15) is 14.7 Å². The van der Waals surface area contributed by atoms with Gasteiger partial charge in [-0.05, 0) is 43.3 Å². The molecule has 1 aliphatic heterocycles. The maximum absolute atomic E-state index is 12.5. The Labute approximate surface area is 141 Å². The lowest BCUT2D eigenvalue weighted by Crippen LogP contribution is -2.50. The first kappa shape index (κ1) is 16.1. The van der Waals surface area contributed by atoms with Gasteiger partial charge in [-0.1, -0.05) is 17.7 Å². The molecular formula is C19H20N2O3. The Bertz CT molecular complexity index is 747. The molecule has 1 saturated heterocycles. The van der Waals surface area contributed by atoms with Crippen molar-refractivity contribution in [3.63, 3.8) is 0 Å². The molecule has 1 heterocycles. The molecule has 124 valence electrons. The lowest BCUT2D eigenvalue weighted by molar-refractivity contribution is 0.0535. The molecule has 0 aliphatic carbocycles. The van der Waals surface area contributed by atoms with Crippen molar-refractivity contribution in [1.82, 2.24) is 9.80 Å². The highest BCUT2D eigenvalue weighted by Crippen LogP contribution is 2.15. The largest absolute Gasteiger partial charge is 0.508 e. The van der Waals surface area contributed by atoms with Gasteiger partial charge in [0.05, 0.1) is 0 Å². The van der Waals surface area contributed by atoms with E-state index in [1.807, 2.05) is 31.2 Å². The molecule has 0 bridgehead atoms. The fourth-order valence-corrected chi connectivity index (χ4v) is 2.86. The summed E-state index contributed by atoms with van der Waals surface area (Å²) < 4.78 is 0. The molecule has 0 unspecified atom stereocenters. The summed E-state index contributed by atoms with van der Waals surface area (Å²) >= 11 is 0. The number of amides is 2. The van der Waals surface area contributed by atoms with Gasteiger partial charge in [-0.15, -0.1) is 0 Å². The molecule has 2 aromatic carbocycles. The Hall–Kier alpha value is -2.82. The van der Waals surface area contributed by atoms with Crippen LogP contribution in [-0.2, 0) is 0 Å². The van der Waals surface area contributed by atoms with Gasteiger partial charge < -0.3 is 14.9 Å². The molecule has 1 N–H and O–H groups in total. The maximum atomic E-state index is 12.5. The molecule has 0 spiro atoms. The van der Waals surface area contributed by atoms with Crippen molar-refractivity contribution in [3.8, 4) is 5.75 Å². The molecule has 5 heteroatoms. The second-order valence-corrected chi connectivity index (χ2v) is 6.00. The van der Waals surface area contributed by atoms with Gasteiger partial charge in [-0.2, -0.15) is 0 Å². The number of phenols is 1. The number of phenolic OH excluding ortho intramolecular Hbond substituents is 1. The average molecular weight is 324 g/mol. The molecule has 5 nitrogen and oxygen atoms in total. The van der Waals surface area contributed by atoms with Crippen LogP contribution in [0.3, 0.4) is 0 Å². The zero-order valence-electron chi connectivity index (χ0n) is 13.6. The highest BCUT2D eigenvalue weighted by atomic mass is 16.3. The minimum atomic E-state index is -0.0716. The molecule has 24 heavy (non-hydrogen) atoms. The predicted molar refractivity (Wildman–Crippen MR) is 91.1 cm³/mol. The molecule has 1 fully saturated rings. The van der Waals surface area contributed by atoms with Crippen molar-refractivity contribution in [1.29, 1.82) is 0 Å². The Kier molecular flexibility index (Phi) is 4.51. The third-order valence-corrected chi connectivity index (χ3v) is 4.23. The fourth-order valence-electron chi connectivity index (χ4n) is 2.86. The minimum absolute atomic E-state index is 0.00966. The highest BCUT2D eigenvalue weighted by Gasteiger charge is 2.25. The second-order valence-electron chi connectivity index (χ2n) is 6.00. The first-order chi connectivity index (χ1) is 11.5. The summed E-state index contributed by atoms with van der Waals surface area (Å²) in [6.45, 7) is 4.03. The smallest absolute Gasteiger partial charge is 0.253 e. The van der Waals surface area contributed by atoms with Gasteiger partial charge in [0.2, 0.25) is 0 Å². The van der Waals surface area contributed by atoms with Crippen molar-refractivity contribution in [3.05, 3.63) is 65.2 Å². The highest BCUT2D eigenvalue weighted by molar-refractivity contribution is 5.96. The van der Waals surface area contributed by atoms with E-state index in [0.717, 1.165) is 5.56 Å². The van der Waals surface area contributed by atoms with Crippen molar-refractivity contribution in [2.45, 2.75) is 6.92 Å². The topological polar surface area (TPSA) is 60.9 Å². The quantitative estimate of drug-likeness (QED) is 0.922. The van der Waals surface area contributed by atoms with Gasteiger partial charge in [0.25, 0.3) is 11.8 Å². The van der Waals surface area contributed by atoms with Gasteiger partial charge in [0.1, 0.15) is 5.75 Å². The van der Waals surface area contributed by atoms with Crippen LogP contribution in [0, 0.1) is 6.92 Å². The van der Waals surface area contributed by atoms with Crippen molar-refractivity contribution >= 4 is 11.8 Å². The third kappa shape index (κ3) is 3.40. The standard InChI is InChI=1S/C19H20N2O3/c1-14-3-2-4-16(13-14)19(24)21-11-9-20(10-12-21)18(23)15-5-7-17(22)8-6-15/h2-8,13,22H,9-12H2,1H3. The zero-order valence-corrected chi connectivity index (χ0v) is 13.6. The number of hydrogen-bond donors (Lipinski definition) is 1. The fraction of sp³-hybridized carbons (Fsp3) is 0.263. The number of piperazine rings is 1. The van der Waals surface area contributed by atoms with Crippen molar-refractivity contribution in [2.75, 3.05) is 26.2 Å². The molecule has 2 amide bonds. The first-order valence-corrected chi connectivity index (χ1v) is 7.99. The molecule has 2 aromatic rings. The van der Waals surface area contributed by atoms with E-state index in [0.29, 0.717) is 37.3 Å². The minimum Gasteiger partial charge on any atom is -0.508 e. The van der Waals surface area contributed by atoms with E-state index >= 15 is 0 Å². The third-order valence-electron chi connectivity index (χ3n) is 4.23. The number of aromatic hydroxyl groups is 1. The first-order valence-electron chi connectivity index (χ1n) is 7.99. The number of nitrogens with zero attached hydrogens (tertiary/aromatic N) is 2. The number of carbonyl (C=O) groups excluding carboxylic acids is 2. The lowest BCUT2D eigenvalue weighted by atomic mass is 10.1. The van der Waals surface area contributed by atoms with Gasteiger partial charge in [-0.3, -0.25) is 9.59 Å². The SMILES string of the molecule is Cc1cccc(C(=O)N2CCN(C(=O)c3ccc(O)cc3)CC2)c1. The maximum Gasteiger partial charge on any atom is 0.253 e. The number of aryl methyl sites for hydroxylation is 1. The van der Waals surface area contributed by atoms with Crippen LogP contribution in [0.5, 0.6) is 5.75 Å². The lowest BCUT2D eigenvalue weighted by Gasteiger charge is -2.35. The predicted octanol–water partition coefficient (Wildman–Crippen LogP) is 2.30. The van der Waals surface area contributed by atoms with Crippen LogP contribution in [0.1, 0.15) is 26.3 Å². The summed E-state index contributed by atoms with van der Waals surface area (Å²) in [5.41, 5.74) is 2.29. The molecule has 1 aliphatic rings. The van der Waals surface area contributed by atoms with Crippen LogP contribution < -0.4 is 0 Å². The number of rotatable bonds is 2. The Morgan fingerprint density at radius 3 is 1.92 bits per heavy atom. The molecule has 0 radical (unpaired) electrons. The molecular weight excluding hydrogens is 304 g/mol. The Morgan fingerprint density at radius 1 is 0.833 bits per heavy atom. The van der Waals surface area contributed by atoms with Gasteiger partial charge in [-0.25, -0.2) is 0 Å². The van der Waals surface area contributed by atoms with Crippen LogP contribution in [-0.4, -0.2) is 52.9 Å². The van der Waals surface area contributed by atoms with Gasteiger partial charge in [0.15, 0.2) is 0 Å². The van der Waals surface area contributed by atoms with E-state index in [1.165, 1.54) is 12.1 Å². The summed E-state index contributed by atoms with van der Waals surface area (Å²) in [5, 5.41) is 9.30. The molecule has 0 aromatic heterocycles. The van der Waals surface area contributed by atoms with E-state index < -0.39 is 0 Å². The second kappa shape index (κ2) is 6.74. The van der Waals surface area contributed by atoms with E-state index in [2.05, 4.69) is 0 Å².